The molecular formula is C10H16BrN3. The summed E-state index contributed by atoms with van der Waals surface area (Å²) in [6.45, 7) is 4.44. The van der Waals surface area contributed by atoms with E-state index in [1.54, 1.807) is 0 Å². The van der Waals surface area contributed by atoms with Crippen molar-refractivity contribution in [2.24, 2.45) is 13.0 Å². The third-order valence-corrected chi connectivity index (χ3v) is 3.77. The van der Waals surface area contributed by atoms with E-state index < -0.39 is 0 Å². The van der Waals surface area contributed by atoms with Crippen molar-refractivity contribution < 1.29 is 0 Å². The molecule has 0 spiro atoms. The first-order valence-electron chi connectivity index (χ1n) is 5.13. The van der Waals surface area contributed by atoms with Gasteiger partial charge < -0.3 is 5.32 Å². The fourth-order valence-corrected chi connectivity index (χ4v) is 2.59. The molecular weight excluding hydrogens is 242 g/mol. The SMILES string of the molecule is CCc1nn(C)c(CC2CNC2)c1Br. The van der Waals surface area contributed by atoms with Gasteiger partial charge in [0.2, 0.25) is 0 Å². The fraction of sp³-hybridized carbons (Fsp3) is 0.700. The second-order valence-electron chi connectivity index (χ2n) is 3.91. The summed E-state index contributed by atoms with van der Waals surface area (Å²) in [6, 6.07) is 0. The van der Waals surface area contributed by atoms with Crippen molar-refractivity contribution in [3.05, 3.63) is 15.9 Å². The minimum absolute atomic E-state index is 0.798. The van der Waals surface area contributed by atoms with Crippen molar-refractivity contribution >= 4 is 15.9 Å². The van der Waals surface area contributed by atoms with Crippen LogP contribution in [0.1, 0.15) is 18.3 Å². The van der Waals surface area contributed by atoms with Gasteiger partial charge in [-0.05, 0) is 47.8 Å². The van der Waals surface area contributed by atoms with Gasteiger partial charge in [-0.25, -0.2) is 0 Å². The lowest BCUT2D eigenvalue weighted by Crippen LogP contribution is -2.43. The molecule has 0 saturated carbocycles. The molecule has 1 fully saturated rings. The van der Waals surface area contributed by atoms with Gasteiger partial charge in [0, 0.05) is 7.05 Å². The second kappa shape index (κ2) is 4.03. The van der Waals surface area contributed by atoms with Gasteiger partial charge in [-0.15, -0.1) is 0 Å². The molecule has 0 atom stereocenters. The number of rotatable bonds is 3. The molecule has 1 aromatic heterocycles. The largest absolute Gasteiger partial charge is 0.316 e. The summed E-state index contributed by atoms with van der Waals surface area (Å²) in [6.07, 6.45) is 2.13. The van der Waals surface area contributed by atoms with Crippen LogP contribution in [-0.4, -0.2) is 22.9 Å². The lowest BCUT2D eigenvalue weighted by Gasteiger charge is -2.27. The molecule has 1 aromatic rings. The smallest absolute Gasteiger partial charge is 0.0766 e. The lowest BCUT2D eigenvalue weighted by atomic mass is 9.97. The maximum atomic E-state index is 4.49. The molecule has 0 bridgehead atoms. The van der Waals surface area contributed by atoms with Gasteiger partial charge in [-0.3, -0.25) is 4.68 Å². The standard InChI is InChI=1S/C10H16BrN3/c1-3-8-10(11)9(14(2)13-8)4-7-5-12-6-7/h7,12H,3-6H2,1-2H3. The molecule has 0 radical (unpaired) electrons. The molecule has 1 saturated heterocycles. The molecule has 1 aliphatic heterocycles. The second-order valence-corrected chi connectivity index (χ2v) is 4.71. The zero-order chi connectivity index (χ0) is 10.1. The van der Waals surface area contributed by atoms with E-state index in [2.05, 4.69) is 33.3 Å². The summed E-state index contributed by atoms with van der Waals surface area (Å²) in [5, 5.41) is 7.79. The van der Waals surface area contributed by atoms with E-state index in [1.165, 1.54) is 15.9 Å². The highest BCUT2D eigenvalue weighted by Crippen LogP contribution is 2.24. The highest BCUT2D eigenvalue weighted by Gasteiger charge is 2.21. The highest BCUT2D eigenvalue weighted by atomic mass is 79.9. The molecule has 0 unspecified atom stereocenters. The number of nitrogens with one attached hydrogen (secondary N) is 1. The minimum atomic E-state index is 0.798. The Kier molecular flexibility index (Phi) is 2.93. The monoisotopic (exact) mass is 257 g/mol. The normalized spacial score (nSPS) is 17.1. The molecule has 0 amide bonds. The average molecular weight is 258 g/mol. The third-order valence-electron chi connectivity index (χ3n) is 2.85. The maximum absolute atomic E-state index is 4.49. The van der Waals surface area contributed by atoms with E-state index in [1.807, 2.05) is 11.7 Å². The minimum Gasteiger partial charge on any atom is -0.316 e. The Morgan fingerprint density at radius 3 is 2.71 bits per heavy atom. The van der Waals surface area contributed by atoms with Crippen LogP contribution in [0.3, 0.4) is 0 Å². The van der Waals surface area contributed by atoms with E-state index in [-0.39, 0.29) is 0 Å². The van der Waals surface area contributed by atoms with Gasteiger partial charge in [0.25, 0.3) is 0 Å². The Labute approximate surface area is 93.0 Å². The van der Waals surface area contributed by atoms with Crippen LogP contribution in [0.4, 0.5) is 0 Å². The molecule has 4 heteroatoms. The van der Waals surface area contributed by atoms with Crippen LogP contribution >= 0.6 is 15.9 Å². The zero-order valence-electron chi connectivity index (χ0n) is 8.68. The first-order valence-corrected chi connectivity index (χ1v) is 5.92. The molecule has 0 aliphatic carbocycles. The zero-order valence-corrected chi connectivity index (χ0v) is 10.3. The number of aryl methyl sites for hydroxylation is 2. The van der Waals surface area contributed by atoms with Crippen molar-refractivity contribution in [3.8, 4) is 0 Å². The summed E-state index contributed by atoms with van der Waals surface area (Å²) in [5.74, 6) is 0.798. The van der Waals surface area contributed by atoms with E-state index in [9.17, 15) is 0 Å². The Hall–Kier alpha value is -0.350. The van der Waals surface area contributed by atoms with E-state index >= 15 is 0 Å². The van der Waals surface area contributed by atoms with Crippen LogP contribution in [0, 0.1) is 5.92 Å². The predicted molar refractivity (Wildman–Crippen MR) is 60.3 cm³/mol. The molecule has 3 nitrogen and oxygen atoms in total. The van der Waals surface area contributed by atoms with Crippen LogP contribution < -0.4 is 5.32 Å². The number of aromatic nitrogens is 2. The van der Waals surface area contributed by atoms with E-state index in [4.69, 9.17) is 0 Å². The third kappa shape index (κ3) is 1.73. The fourth-order valence-electron chi connectivity index (χ4n) is 1.81. The van der Waals surface area contributed by atoms with Gasteiger partial charge in [0.15, 0.2) is 0 Å². The Balaban J connectivity index is 2.18. The van der Waals surface area contributed by atoms with Crippen molar-refractivity contribution in [3.63, 3.8) is 0 Å². The summed E-state index contributed by atoms with van der Waals surface area (Å²) < 4.78 is 3.23. The Morgan fingerprint density at radius 2 is 2.29 bits per heavy atom. The molecule has 1 aliphatic rings. The quantitative estimate of drug-likeness (QED) is 0.890. The molecule has 1 N–H and O–H groups in total. The number of halogens is 1. The molecule has 2 heterocycles. The molecule has 14 heavy (non-hydrogen) atoms. The van der Waals surface area contributed by atoms with Crippen LogP contribution in [-0.2, 0) is 19.9 Å². The van der Waals surface area contributed by atoms with Crippen molar-refractivity contribution in [2.45, 2.75) is 19.8 Å². The van der Waals surface area contributed by atoms with Gasteiger partial charge in [0.1, 0.15) is 0 Å². The number of hydrogen-bond acceptors (Lipinski definition) is 2. The van der Waals surface area contributed by atoms with Gasteiger partial charge in [0.05, 0.1) is 15.9 Å². The van der Waals surface area contributed by atoms with Crippen molar-refractivity contribution in [1.82, 2.24) is 15.1 Å². The molecule has 78 valence electrons. The Morgan fingerprint density at radius 1 is 1.57 bits per heavy atom. The van der Waals surface area contributed by atoms with Crippen molar-refractivity contribution in [1.29, 1.82) is 0 Å². The lowest BCUT2D eigenvalue weighted by molar-refractivity contribution is 0.339. The summed E-state index contributed by atoms with van der Waals surface area (Å²) >= 11 is 3.64. The van der Waals surface area contributed by atoms with Crippen LogP contribution in [0.2, 0.25) is 0 Å². The Bertz CT molecular complexity index is 328. The van der Waals surface area contributed by atoms with E-state index in [0.29, 0.717) is 0 Å². The maximum Gasteiger partial charge on any atom is 0.0766 e. The van der Waals surface area contributed by atoms with Gasteiger partial charge in [-0.2, -0.15) is 5.10 Å². The van der Waals surface area contributed by atoms with E-state index in [0.717, 1.165) is 31.8 Å². The predicted octanol–water partition coefficient (Wildman–Crippen LogP) is 1.51. The summed E-state index contributed by atoms with van der Waals surface area (Å²) in [5.41, 5.74) is 2.52. The van der Waals surface area contributed by atoms with Gasteiger partial charge >= 0.3 is 0 Å². The topological polar surface area (TPSA) is 29.9 Å². The number of hydrogen-bond donors (Lipinski definition) is 1. The summed E-state index contributed by atoms with van der Waals surface area (Å²) in [7, 11) is 2.03. The number of nitrogens with zero attached hydrogens (tertiary/aromatic N) is 2. The average Bonchev–Trinajstić information content (AvgIpc) is 2.36. The highest BCUT2D eigenvalue weighted by molar-refractivity contribution is 9.10. The first kappa shape index (κ1) is 10.2. The first-order chi connectivity index (χ1) is 6.72. The summed E-state index contributed by atoms with van der Waals surface area (Å²) in [4.78, 5) is 0. The van der Waals surface area contributed by atoms with Gasteiger partial charge in [-0.1, -0.05) is 6.92 Å². The van der Waals surface area contributed by atoms with Crippen LogP contribution in [0.15, 0.2) is 4.47 Å². The molecule has 2 rings (SSSR count). The van der Waals surface area contributed by atoms with Crippen LogP contribution in [0.5, 0.6) is 0 Å². The van der Waals surface area contributed by atoms with Crippen molar-refractivity contribution in [2.75, 3.05) is 13.1 Å². The molecule has 0 aromatic carbocycles. The van der Waals surface area contributed by atoms with Crippen LogP contribution in [0.25, 0.3) is 0 Å².